The molecule has 1 N–H and O–H groups in total. The maximum Gasteiger partial charge on any atom is 0.225 e. The van der Waals surface area contributed by atoms with Gasteiger partial charge in [-0.3, -0.25) is 9.69 Å². The van der Waals surface area contributed by atoms with Crippen molar-refractivity contribution < 1.29 is 4.79 Å². The fraction of sp³-hybridized carbons (Fsp3) is 0.348. The lowest BCUT2D eigenvalue weighted by Crippen LogP contribution is -2.46. The van der Waals surface area contributed by atoms with Gasteiger partial charge in [0, 0.05) is 51.4 Å². The Kier molecular flexibility index (Phi) is 9.21. The average Bonchev–Trinajstić information content (AvgIpc) is 2.68. The van der Waals surface area contributed by atoms with Crippen LogP contribution < -0.4 is 5.32 Å². The summed E-state index contributed by atoms with van der Waals surface area (Å²) in [5, 5.41) is 2.99. The quantitative estimate of drug-likeness (QED) is 0.762. The third-order valence-electron chi connectivity index (χ3n) is 4.90. The number of anilines is 1. The number of nitrogens with zero attached hydrogens (tertiary/aromatic N) is 2. The lowest BCUT2D eigenvalue weighted by Gasteiger charge is -2.34. The van der Waals surface area contributed by atoms with Gasteiger partial charge in [0.1, 0.15) is 0 Å². The van der Waals surface area contributed by atoms with Crippen LogP contribution in [0.5, 0.6) is 0 Å². The first-order valence-electron chi connectivity index (χ1n) is 9.72. The minimum absolute atomic E-state index is 0. The normalized spacial score (nSPS) is 15.3. The number of nitrogens with one attached hydrogen (secondary N) is 1. The molecule has 1 heterocycles. The van der Waals surface area contributed by atoms with Crippen LogP contribution in [0.3, 0.4) is 0 Å². The molecular weight excluding hydrogens is 370 g/mol. The first kappa shape index (κ1) is 22.2. The van der Waals surface area contributed by atoms with E-state index in [0.29, 0.717) is 6.42 Å². The van der Waals surface area contributed by atoms with Crippen molar-refractivity contribution in [2.45, 2.75) is 13.3 Å². The van der Waals surface area contributed by atoms with Crippen LogP contribution in [-0.2, 0) is 4.79 Å². The Bertz CT molecular complexity index is 755. The Hall–Kier alpha value is -2.14. The molecule has 0 unspecified atom stereocenters. The summed E-state index contributed by atoms with van der Waals surface area (Å²) < 4.78 is 0. The molecule has 28 heavy (non-hydrogen) atoms. The zero-order valence-corrected chi connectivity index (χ0v) is 17.3. The largest absolute Gasteiger partial charge is 0.326 e. The topological polar surface area (TPSA) is 35.6 Å². The number of aryl methyl sites for hydroxylation is 1. The molecule has 4 nitrogen and oxygen atoms in total. The Morgan fingerprint density at radius 3 is 2.43 bits per heavy atom. The summed E-state index contributed by atoms with van der Waals surface area (Å²) in [4.78, 5) is 17.0. The molecule has 150 valence electrons. The SMILES string of the molecule is Cc1cccc(NC(=O)CCN2CCN(CC=Cc3ccccc3)CC2)c1.Cl. The van der Waals surface area contributed by atoms with Crippen molar-refractivity contribution in [3.8, 4) is 0 Å². The van der Waals surface area contributed by atoms with Gasteiger partial charge in [0.25, 0.3) is 0 Å². The molecule has 5 heteroatoms. The third kappa shape index (κ3) is 7.47. The summed E-state index contributed by atoms with van der Waals surface area (Å²) in [5.74, 6) is 0.0915. The van der Waals surface area contributed by atoms with Crippen molar-refractivity contribution in [1.82, 2.24) is 9.80 Å². The highest BCUT2D eigenvalue weighted by Gasteiger charge is 2.16. The number of carbonyl (C=O) groups excluding carboxylic acids is 1. The number of amides is 1. The van der Waals surface area contributed by atoms with E-state index in [2.05, 4.69) is 51.5 Å². The molecule has 0 saturated carbocycles. The molecule has 1 amide bonds. The molecule has 3 rings (SSSR count). The number of benzene rings is 2. The summed E-state index contributed by atoms with van der Waals surface area (Å²) >= 11 is 0. The van der Waals surface area contributed by atoms with Crippen LogP contribution in [0.4, 0.5) is 5.69 Å². The van der Waals surface area contributed by atoms with Gasteiger partial charge in [0.2, 0.25) is 5.91 Å². The van der Waals surface area contributed by atoms with E-state index in [-0.39, 0.29) is 18.3 Å². The minimum atomic E-state index is 0. The molecule has 0 aliphatic carbocycles. The van der Waals surface area contributed by atoms with E-state index in [9.17, 15) is 4.79 Å². The Balaban J connectivity index is 0.00000280. The standard InChI is InChI=1S/C23H29N3O.ClH/c1-20-7-5-11-22(19-20)24-23(27)12-14-26-17-15-25(16-18-26)13-6-10-21-8-3-2-4-9-21;/h2-11,19H,12-18H2,1H3,(H,24,27);1H. The van der Waals surface area contributed by atoms with E-state index in [1.54, 1.807) is 0 Å². The maximum atomic E-state index is 12.1. The minimum Gasteiger partial charge on any atom is -0.326 e. The van der Waals surface area contributed by atoms with Crippen LogP contribution in [0.2, 0.25) is 0 Å². The first-order chi connectivity index (χ1) is 13.2. The van der Waals surface area contributed by atoms with Crippen LogP contribution in [0.15, 0.2) is 60.7 Å². The molecule has 2 aromatic carbocycles. The van der Waals surface area contributed by atoms with Gasteiger partial charge < -0.3 is 10.2 Å². The lowest BCUT2D eigenvalue weighted by atomic mass is 10.2. The van der Waals surface area contributed by atoms with Crippen molar-refractivity contribution in [2.75, 3.05) is 44.6 Å². The van der Waals surface area contributed by atoms with Crippen molar-refractivity contribution in [2.24, 2.45) is 0 Å². The number of carbonyl (C=O) groups is 1. The van der Waals surface area contributed by atoms with Crippen molar-refractivity contribution in [3.05, 3.63) is 71.8 Å². The Morgan fingerprint density at radius 2 is 1.71 bits per heavy atom. The highest BCUT2D eigenvalue weighted by Crippen LogP contribution is 2.10. The van der Waals surface area contributed by atoms with Gasteiger partial charge in [-0.2, -0.15) is 0 Å². The summed E-state index contributed by atoms with van der Waals surface area (Å²) in [6.45, 7) is 8.00. The van der Waals surface area contributed by atoms with Crippen LogP contribution in [-0.4, -0.2) is 55.0 Å². The highest BCUT2D eigenvalue weighted by molar-refractivity contribution is 5.90. The average molecular weight is 400 g/mol. The summed E-state index contributed by atoms with van der Waals surface area (Å²) in [5.41, 5.74) is 3.29. The van der Waals surface area contributed by atoms with E-state index in [4.69, 9.17) is 0 Å². The van der Waals surface area contributed by atoms with E-state index in [0.717, 1.165) is 50.5 Å². The predicted molar refractivity (Wildman–Crippen MR) is 120 cm³/mol. The summed E-state index contributed by atoms with van der Waals surface area (Å²) in [6, 6.07) is 18.3. The molecule has 0 atom stereocenters. The number of piperazine rings is 1. The van der Waals surface area contributed by atoms with Crippen molar-refractivity contribution in [3.63, 3.8) is 0 Å². The lowest BCUT2D eigenvalue weighted by molar-refractivity contribution is -0.116. The Morgan fingerprint density at radius 1 is 1.00 bits per heavy atom. The monoisotopic (exact) mass is 399 g/mol. The van der Waals surface area contributed by atoms with Gasteiger partial charge in [-0.25, -0.2) is 0 Å². The van der Waals surface area contributed by atoms with Gasteiger partial charge in [0.05, 0.1) is 0 Å². The number of hydrogen-bond acceptors (Lipinski definition) is 3. The molecule has 2 aromatic rings. The molecule has 0 radical (unpaired) electrons. The molecule has 1 saturated heterocycles. The summed E-state index contributed by atoms with van der Waals surface area (Å²) in [7, 11) is 0. The predicted octanol–water partition coefficient (Wildman–Crippen LogP) is 4.08. The third-order valence-corrected chi connectivity index (χ3v) is 4.90. The van der Waals surface area contributed by atoms with Crippen LogP contribution in [0, 0.1) is 6.92 Å². The van der Waals surface area contributed by atoms with Crippen molar-refractivity contribution in [1.29, 1.82) is 0 Å². The zero-order valence-electron chi connectivity index (χ0n) is 16.5. The van der Waals surface area contributed by atoms with E-state index in [1.807, 2.05) is 37.3 Å². The second kappa shape index (κ2) is 11.6. The second-order valence-electron chi connectivity index (χ2n) is 7.12. The molecule has 0 aromatic heterocycles. The van der Waals surface area contributed by atoms with Gasteiger partial charge >= 0.3 is 0 Å². The molecule has 1 aliphatic heterocycles. The van der Waals surface area contributed by atoms with Gasteiger partial charge in [-0.05, 0) is 30.2 Å². The first-order valence-corrected chi connectivity index (χ1v) is 9.72. The molecule has 1 fully saturated rings. The zero-order chi connectivity index (χ0) is 18.9. The van der Waals surface area contributed by atoms with Gasteiger partial charge in [-0.1, -0.05) is 54.6 Å². The molecule has 0 spiro atoms. The second-order valence-corrected chi connectivity index (χ2v) is 7.12. The Labute approximate surface area is 174 Å². The number of hydrogen-bond donors (Lipinski definition) is 1. The fourth-order valence-corrected chi connectivity index (χ4v) is 3.30. The highest BCUT2D eigenvalue weighted by atomic mass is 35.5. The van der Waals surface area contributed by atoms with Crippen molar-refractivity contribution >= 4 is 30.1 Å². The van der Waals surface area contributed by atoms with Crippen LogP contribution in [0.1, 0.15) is 17.5 Å². The molecular formula is C23H30ClN3O. The number of halogens is 1. The van der Waals surface area contributed by atoms with Crippen LogP contribution in [0.25, 0.3) is 6.08 Å². The van der Waals surface area contributed by atoms with E-state index < -0.39 is 0 Å². The molecule has 1 aliphatic rings. The summed E-state index contributed by atoms with van der Waals surface area (Å²) in [6.07, 6.45) is 4.96. The molecule has 0 bridgehead atoms. The number of rotatable bonds is 7. The smallest absolute Gasteiger partial charge is 0.225 e. The van der Waals surface area contributed by atoms with Gasteiger partial charge in [-0.15, -0.1) is 12.4 Å². The van der Waals surface area contributed by atoms with Gasteiger partial charge in [0.15, 0.2) is 0 Å². The fourth-order valence-electron chi connectivity index (χ4n) is 3.30. The van der Waals surface area contributed by atoms with Crippen LogP contribution >= 0.6 is 12.4 Å². The van der Waals surface area contributed by atoms with E-state index >= 15 is 0 Å². The maximum absolute atomic E-state index is 12.1. The van der Waals surface area contributed by atoms with E-state index in [1.165, 1.54) is 5.56 Å².